The summed E-state index contributed by atoms with van der Waals surface area (Å²) in [5.74, 6) is 1.22. The van der Waals surface area contributed by atoms with Crippen molar-refractivity contribution < 1.29 is 4.79 Å². The van der Waals surface area contributed by atoms with Crippen molar-refractivity contribution in [1.82, 2.24) is 5.32 Å². The van der Waals surface area contributed by atoms with Gasteiger partial charge in [-0.25, -0.2) is 0 Å². The van der Waals surface area contributed by atoms with Gasteiger partial charge >= 0.3 is 0 Å². The van der Waals surface area contributed by atoms with Crippen molar-refractivity contribution in [2.45, 2.75) is 47.5 Å². The highest BCUT2D eigenvalue weighted by atomic mass is 16.2. The maximum absolute atomic E-state index is 12.1. The maximum Gasteiger partial charge on any atom is 0.227 e. The van der Waals surface area contributed by atoms with Crippen molar-refractivity contribution in [1.29, 1.82) is 0 Å². The smallest absolute Gasteiger partial charge is 0.227 e. The zero-order chi connectivity index (χ0) is 12.8. The molecule has 0 saturated heterocycles. The molecule has 3 N–H and O–H groups in total. The highest BCUT2D eigenvalue weighted by molar-refractivity contribution is 5.82. The van der Waals surface area contributed by atoms with Crippen LogP contribution >= 0.6 is 0 Å². The molecule has 3 heteroatoms. The molecule has 96 valence electrons. The molecule has 0 heterocycles. The zero-order valence-electron chi connectivity index (χ0n) is 11.5. The molecular formula is C13H28N2O. The van der Waals surface area contributed by atoms with Gasteiger partial charge in [0, 0.05) is 13.1 Å². The Labute approximate surface area is 100 Å². The van der Waals surface area contributed by atoms with Gasteiger partial charge < -0.3 is 11.1 Å². The number of carbonyl (C=O) groups is 1. The molecule has 0 aromatic heterocycles. The summed E-state index contributed by atoms with van der Waals surface area (Å²) in [6.45, 7) is 11.7. The van der Waals surface area contributed by atoms with E-state index in [1.54, 1.807) is 0 Å². The highest BCUT2D eigenvalue weighted by Gasteiger charge is 2.33. The molecule has 0 spiro atoms. The summed E-state index contributed by atoms with van der Waals surface area (Å²) in [6, 6.07) is 0. The first-order valence-electron chi connectivity index (χ1n) is 6.41. The standard InChI is InChI=1S/C13H28N2O/c1-6-13(7-2,9-14)12(16)15-8-11(5)10(3)4/h10-11H,6-9,14H2,1-5H3,(H,15,16). The van der Waals surface area contributed by atoms with E-state index in [0.29, 0.717) is 18.4 Å². The highest BCUT2D eigenvalue weighted by Crippen LogP contribution is 2.25. The molecule has 16 heavy (non-hydrogen) atoms. The van der Waals surface area contributed by atoms with Crippen molar-refractivity contribution in [3.05, 3.63) is 0 Å². The molecular weight excluding hydrogens is 200 g/mol. The molecule has 0 aliphatic rings. The van der Waals surface area contributed by atoms with Crippen LogP contribution in [-0.4, -0.2) is 19.0 Å². The van der Waals surface area contributed by atoms with Crippen LogP contribution in [0.4, 0.5) is 0 Å². The number of nitrogens with one attached hydrogen (secondary N) is 1. The topological polar surface area (TPSA) is 55.1 Å². The molecule has 1 unspecified atom stereocenters. The Kier molecular flexibility index (Phi) is 6.65. The summed E-state index contributed by atoms with van der Waals surface area (Å²) in [6.07, 6.45) is 1.61. The van der Waals surface area contributed by atoms with Crippen LogP contribution in [0.3, 0.4) is 0 Å². The third kappa shape index (κ3) is 3.78. The first-order chi connectivity index (χ1) is 7.43. The molecule has 0 radical (unpaired) electrons. The molecule has 1 amide bonds. The lowest BCUT2D eigenvalue weighted by Crippen LogP contribution is -2.46. The predicted molar refractivity (Wildman–Crippen MR) is 69.1 cm³/mol. The third-order valence-electron chi connectivity index (χ3n) is 3.95. The van der Waals surface area contributed by atoms with Crippen LogP contribution in [0, 0.1) is 17.3 Å². The summed E-state index contributed by atoms with van der Waals surface area (Å²) in [4.78, 5) is 12.1. The van der Waals surface area contributed by atoms with Crippen molar-refractivity contribution in [2.75, 3.05) is 13.1 Å². The Morgan fingerprint density at radius 3 is 2.06 bits per heavy atom. The van der Waals surface area contributed by atoms with E-state index in [2.05, 4.69) is 26.1 Å². The first kappa shape index (κ1) is 15.4. The second-order valence-corrected chi connectivity index (χ2v) is 5.12. The SMILES string of the molecule is CCC(CC)(CN)C(=O)NCC(C)C(C)C. The molecule has 1 atom stereocenters. The number of rotatable bonds is 7. The molecule has 0 bridgehead atoms. The lowest BCUT2D eigenvalue weighted by molar-refractivity contribution is -0.131. The van der Waals surface area contributed by atoms with E-state index in [1.165, 1.54) is 0 Å². The molecule has 0 aromatic carbocycles. The maximum atomic E-state index is 12.1. The van der Waals surface area contributed by atoms with E-state index >= 15 is 0 Å². The Bertz CT molecular complexity index is 202. The van der Waals surface area contributed by atoms with Crippen LogP contribution in [0.15, 0.2) is 0 Å². The molecule has 0 saturated carbocycles. The van der Waals surface area contributed by atoms with Crippen LogP contribution < -0.4 is 11.1 Å². The van der Waals surface area contributed by atoms with E-state index in [4.69, 9.17) is 5.73 Å². The second kappa shape index (κ2) is 6.89. The Morgan fingerprint density at radius 2 is 1.75 bits per heavy atom. The van der Waals surface area contributed by atoms with Crippen LogP contribution in [0.25, 0.3) is 0 Å². The average Bonchev–Trinajstić information content (AvgIpc) is 2.28. The van der Waals surface area contributed by atoms with Gasteiger partial charge in [-0.05, 0) is 24.7 Å². The fourth-order valence-corrected chi connectivity index (χ4v) is 1.63. The predicted octanol–water partition coefficient (Wildman–Crippen LogP) is 2.16. The summed E-state index contributed by atoms with van der Waals surface area (Å²) in [5, 5.41) is 3.04. The third-order valence-corrected chi connectivity index (χ3v) is 3.95. The van der Waals surface area contributed by atoms with Crippen molar-refractivity contribution in [3.63, 3.8) is 0 Å². The molecule has 0 aromatic rings. The van der Waals surface area contributed by atoms with Crippen LogP contribution in [0.2, 0.25) is 0 Å². The Morgan fingerprint density at radius 1 is 1.25 bits per heavy atom. The Balaban J connectivity index is 4.33. The van der Waals surface area contributed by atoms with Gasteiger partial charge in [0.2, 0.25) is 5.91 Å². The van der Waals surface area contributed by atoms with Crippen LogP contribution in [-0.2, 0) is 4.79 Å². The molecule has 0 aliphatic heterocycles. The van der Waals surface area contributed by atoms with Crippen molar-refractivity contribution in [2.24, 2.45) is 23.0 Å². The minimum atomic E-state index is -0.364. The summed E-state index contributed by atoms with van der Waals surface area (Å²) < 4.78 is 0. The van der Waals surface area contributed by atoms with Gasteiger partial charge in [-0.1, -0.05) is 34.6 Å². The minimum Gasteiger partial charge on any atom is -0.355 e. The lowest BCUT2D eigenvalue weighted by Gasteiger charge is -2.29. The molecule has 0 aliphatic carbocycles. The summed E-state index contributed by atoms with van der Waals surface area (Å²) >= 11 is 0. The lowest BCUT2D eigenvalue weighted by atomic mass is 9.81. The number of nitrogens with two attached hydrogens (primary N) is 1. The van der Waals surface area contributed by atoms with Gasteiger partial charge in [-0.3, -0.25) is 4.79 Å². The molecule has 0 rings (SSSR count). The van der Waals surface area contributed by atoms with Gasteiger partial charge in [0.15, 0.2) is 0 Å². The van der Waals surface area contributed by atoms with Crippen molar-refractivity contribution in [3.8, 4) is 0 Å². The van der Waals surface area contributed by atoms with E-state index < -0.39 is 0 Å². The van der Waals surface area contributed by atoms with Gasteiger partial charge in [0.1, 0.15) is 0 Å². The largest absolute Gasteiger partial charge is 0.355 e. The second-order valence-electron chi connectivity index (χ2n) is 5.12. The zero-order valence-corrected chi connectivity index (χ0v) is 11.5. The van der Waals surface area contributed by atoms with Gasteiger partial charge in [0.25, 0.3) is 0 Å². The van der Waals surface area contributed by atoms with E-state index in [0.717, 1.165) is 19.4 Å². The minimum absolute atomic E-state index is 0.118. The van der Waals surface area contributed by atoms with E-state index in [1.807, 2.05) is 13.8 Å². The van der Waals surface area contributed by atoms with E-state index in [9.17, 15) is 4.79 Å². The first-order valence-corrected chi connectivity index (χ1v) is 6.41. The quantitative estimate of drug-likeness (QED) is 0.701. The number of hydrogen-bond acceptors (Lipinski definition) is 2. The van der Waals surface area contributed by atoms with Crippen LogP contribution in [0.1, 0.15) is 47.5 Å². The van der Waals surface area contributed by atoms with Crippen molar-refractivity contribution >= 4 is 5.91 Å². The molecule has 0 fully saturated rings. The number of amides is 1. The Hall–Kier alpha value is -0.570. The fraction of sp³-hybridized carbons (Fsp3) is 0.923. The van der Waals surface area contributed by atoms with Gasteiger partial charge in [-0.2, -0.15) is 0 Å². The normalized spacial score (nSPS) is 13.9. The monoisotopic (exact) mass is 228 g/mol. The molecule has 3 nitrogen and oxygen atoms in total. The van der Waals surface area contributed by atoms with Crippen LogP contribution in [0.5, 0.6) is 0 Å². The van der Waals surface area contributed by atoms with Gasteiger partial charge in [0.05, 0.1) is 5.41 Å². The summed E-state index contributed by atoms with van der Waals surface area (Å²) in [5.41, 5.74) is 5.37. The average molecular weight is 228 g/mol. The van der Waals surface area contributed by atoms with E-state index in [-0.39, 0.29) is 11.3 Å². The number of carbonyl (C=O) groups excluding carboxylic acids is 1. The van der Waals surface area contributed by atoms with Gasteiger partial charge in [-0.15, -0.1) is 0 Å². The number of hydrogen-bond donors (Lipinski definition) is 2. The fourth-order valence-electron chi connectivity index (χ4n) is 1.63. The summed E-state index contributed by atoms with van der Waals surface area (Å²) in [7, 11) is 0.